The number of ether oxygens (including phenoxy) is 1. The van der Waals surface area contributed by atoms with Gasteiger partial charge in [-0.2, -0.15) is 0 Å². The fraction of sp³-hybridized carbons (Fsp3) is 0.467. The van der Waals surface area contributed by atoms with E-state index in [0.29, 0.717) is 18.7 Å². The van der Waals surface area contributed by atoms with Crippen molar-refractivity contribution in [2.45, 2.75) is 31.9 Å². The van der Waals surface area contributed by atoms with Crippen molar-refractivity contribution in [3.8, 4) is 5.75 Å². The van der Waals surface area contributed by atoms with E-state index in [1.807, 2.05) is 0 Å². The molecule has 0 radical (unpaired) electrons. The molecule has 1 aromatic carbocycles. The summed E-state index contributed by atoms with van der Waals surface area (Å²) in [5.41, 5.74) is -0.106. The van der Waals surface area contributed by atoms with Gasteiger partial charge in [0.05, 0.1) is 13.1 Å². The molecular formula is C15H17FN2O3. The fourth-order valence-corrected chi connectivity index (χ4v) is 2.83. The summed E-state index contributed by atoms with van der Waals surface area (Å²) >= 11 is 0. The van der Waals surface area contributed by atoms with E-state index in [1.165, 1.54) is 12.1 Å². The van der Waals surface area contributed by atoms with Gasteiger partial charge in [0, 0.05) is 12.0 Å². The first-order valence-corrected chi connectivity index (χ1v) is 6.92. The van der Waals surface area contributed by atoms with Crippen LogP contribution >= 0.6 is 0 Å². The van der Waals surface area contributed by atoms with Crippen molar-refractivity contribution < 1.29 is 18.7 Å². The fourth-order valence-electron chi connectivity index (χ4n) is 2.83. The molecule has 3 rings (SSSR count). The van der Waals surface area contributed by atoms with E-state index in [9.17, 15) is 14.0 Å². The monoisotopic (exact) mass is 292 g/mol. The van der Waals surface area contributed by atoms with E-state index in [2.05, 4.69) is 5.32 Å². The summed E-state index contributed by atoms with van der Waals surface area (Å²) < 4.78 is 19.0. The van der Waals surface area contributed by atoms with Gasteiger partial charge in [0.2, 0.25) is 11.8 Å². The number of rotatable bonds is 2. The molecule has 1 saturated heterocycles. The molecule has 0 aliphatic carbocycles. The lowest BCUT2D eigenvalue weighted by atomic mass is 9.97. The van der Waals surface area contributed by atoms with Crippen molar-refractivity contribution in [2.24, 2.45) is 0 Å². The summed E-state index contributed by atoms with van der Waals surface area (Å²) in [5, 5.41) is 2.58. The van der Waals surface area contributed by atoms with Gasteiger partial charge in [0.1, 0.15) is 23.2 Å². The predicted molar refractivity (Wildman–Crippen MR) is 73.3 cm³/mol. The summed E-state index contributed by atoms with van der Waals surface area (Å²) in [6, 6.07) is 4.40. The van der Waals surface area contributed by atoms with Gasteiger partial charge in [-0.25, -0.2) is 4.39 Å². The van der Waals surface area contributed by atoms with Crippen molar-refractivity contribution >= 4 is 11.8 Å². The SMILES string of the molecule is CC1(C)C(=O)NCC(=O)N1CC1Cc2cc(F)ccc2O1. The molecule has 2 aliphatic heterocycles. The summed E-state index contributed by atoms with van der Waals surface area (Å²) in [6.07, 6.45) is 0.283. The topological polar surface area (TPSA) is 58.6 Å². The van der Waals surface area contributed by atoms with Gasteiger partial charge in [-0.15, -0.1) is 0 Å². The van der Waals surface area contributed by atoms with E-state index in [1.54, 1.807) is 24.8 Å². The smallest absolute Gasteiger partial charge is 0.245 e. The molecule has 6 heteroatoms. The van der Waals surface area contributed by atoms with Crippen LogP contribution in [-0.2, 0) is 16.0 Å². The lowest BCUT2D eigenvalue weighted by Crippen LogP contribution is -2.65. The Balaban J connectivity index is 1.76. The molecule has 2 amide bonds. The van der Waals surface area contributed by atoms with E-state index in [-0.39, 0.29) is 30.3 Å². The highest BCUT2D eigenvalue weighted by Crippen LogP contribution is 2.31. The number of hydrogen-bond acceptors (Lipinski definition) is 3. The third kappa shape index (κ3) is 2.34. The third-order valence-corrected chi connectivity index (χ3v) is 4.08. The summed E-state index contributed by atoms with van der Waals surface area (Å²) in [6.45, 7) is 3.74. The maximum Gasteiger partial charge on any atom is 0.245 e. The molecule has 0 aromatic heterocycles. The number of benzene rings is 1. The Bertz CT molecular complexity index is 615. The van der Waals surface area contributed by atoms with Crippen LogP contribution in [0.1, 0.15) is 19.4 Å². The highest BCUT2D eigenvalue weighted by atomic mass is 19.1. The second kappa shape index (κ2) is 4.72. The van der Waals surface area contributed by atoms with Crippen LogP contribution < -0.4 is 10.1 Å². The minimum atomic E-state index is -0.904. The first-order valence-electron chi connectivity index (χ1n) is 6.92. The van der Waals surface area contributed by atoms with Gasteiger partial charge in [0.15, 0.2) is 0 Å². The van der Waals surface area contributed by atoms with Crippen LogP contribution in [0, 0.1) is 5.82 Å². The molecule has 0 bridgehead atoms. The molecule has 1 N–H and O–H groups in total. The molecule has 1 atom stereocenters. The number of hydrogen-bond donors (Lipinski definition) is 1. The maximum absolute atomic E-state index is 13.2. The molecule has 0 spiro atoms. The predicted octanol–water partition coefficient (Wildman–Crippen LogP) is 0.866. The Kier molecular flexibility index (Phi) is 3.11. The molecule has 21 heavy (non-hydrogen) atoms. The van der Waals surface area contributed by atoms with Crippen LogP contribution in [-0.4, -0.2) is 41.4 Å². The summed E-state index contributed by atoms with van der Waals surface area (Å²) in [5.74, 6) is 0.0360. The number of carbonyl (C=O) groups is 2. The zero-order valence-corrected chi connectivity index (χ0v) is 12.0. The second-order valence-corrected chi connectivity index (χ2v) is 5.94. The molecule has 2 aliphatic rings. The van der Waals surface area contributed by atoms with Crippen molar-refractivity contribution in [3.05, 3.63) is 29.6 Å². The summed E-state index contributed by atoms with van der Waals surface area (Å²) in [7, 11) is 0. The average Bonchev–Trinajstić information content (AvgIpc) is 2.81. The molecule has 0 saturated carbocycles. The molecular weight excluding hydrogens is 275 g/mol. The van der Waals surface area contributed by atoms with Crippen molar-refractivity contribution in [2.75, 3.05) is 13.1 Å². The highest BCUT2D eigenvalue weighted by molar-refractivity contribution is 5.97. The van der Waals surface area contributed by atoms with E-state index < -0.39 is 5.54 Å². The molecule has 1 fully saturated rings. The minimum absolute atomic E-state index is 0.0105. The lowest BCUT2D eigenvalue weighted by molar-refractivity contribution is -0.152. The van der Waals surface area contributed by atoms with Gasteiger partial charge in [0.25, 0.3) is 0 Å². The number of nitrogens with zero attached hydrogens (tertiary/aromatic N) is 1. The third-order valence-electron chi connectivity index (χ3n) is 4.08. The largest absolute Gasteiger partial charge is 0.488 e. The second-order valence-electron chi connectivity index (χ2n) is 5.94. The Hall–Kier alpha value is -2.11. The van der Waals surface area contributed by atoms with Crippen LogP contribution in [0.5, 0.6) is 5.75 Å². The van der Waals surface area contributed by atoms with Gasteiger partial charge < -0.3 is 15.0 Å². The molecule has 1 aromatic rings. The Morgan fingerprint density at radius 3 is 2.95 bits per heavy atom. The summed E-state index contributed by atoms with van der Waals surface area (Å²) in [4.78, 5) is 25.5. The number of carbonyl (C=O) groups excluding carboxylic acids is 2. The van der Waals surface area contributed by atoms with Crippen molar-refractivity contribution in [1.29, 1.82) is 0 Å². The quantitative estimate of drug-likeness (QED) is 0.880. The normalized spacial score (nSPS) is 23.6. The number of piperazine rings is 1. The van der Waals surface area contributed by atoms with Crippen LogP contribution in [0.3, 0.4) is 0 Å². The van der Waals surface area contributed by atoms with Gasteiger partial charge in [-0.05, 0) is 32.0 Å². The van der Waals surface area contributed by atoms with E-state index in [0.717, 1.165) is 5.56 Å². The Morgan fingerprint density at radius 2 is 2.19 bits per heavy atom. The molecule has 5 nitrogen and oxygen atoms in total. The van der Waals surface area contributed by atoms with Crippen LogP contribution in [0.15, 0.2) is 18.2 Å². The zero-order chi connectivity index (χ0) is 15.2. The zero-order valence-electron chi connectivity index (χ0n) is 12.0. The van der Waals surface area contributed by atoms with Crippen molar-refractivity contribution in [1.82, 2.24) is 10.2 Å². The molecule has 112 valence electrons. The first-order chi connectivity index (χ1) is 9.88. The van der Waals surface area contributed by atoms with E-state index >= 15 is 0 Å². The molecule has 2 heterocycles. The molecule has 1 unspecified atom stereocenters. The minimum Gasteiger partial charge on any atom is -0.488 e. The standard InChI is InChI=1S/C15H17FN2O3/c1-15(2)14(20)17-7-13(19)18(15)8-11-6-9-5-10(16)3-4-12(9)21-11/h3-5,11H,6-8H2,1-2H3,(H,17,20). The van der Waals surface area contributed by atoms with Crippen LogP contribution in [0.2, 0.25) is 0 Å². The van der Waals surface area contributed by atoms with Gasteiger partial charge >= 0.3 is 0 Å². The maximum atomic E-state index is 13.2. The number of fused-ring (bicyclic) bond motifs is 1. The van der Waals surface area contributed by atoms with Crippen molar-refractivity contribution in [3.63, 3.8) is 0 Å². The highest BCUT2D eigenvalue weighted by Gasteiger charge is 2.43. The lowest BCUT2D eigenvalue weighted by Gasteiger charge is -2.41. The van der Waals surface area contributed by atoms with Gasteiger partial charge in [-0.1, -0.05) is 0 Å². The first kappa shape index (κ1) is 13.9. The number of nitrogens with one attached hydrogen (secondary N) is 1. The van der Waals surface area contributed by atoms with E-state index in [4.69, 9.17) is 4.74 Å². The Morgan fingerprint density at radius 1 is 1.43 bits per heavy atom. The van der Waals surface area contributed by atoms with Crippen LogP contribution in [0.25, 0.3) is 0 Å². The number of amides is 2. The average molecular weight is 292 g/mol. The Labute approximate surface area is 122 Å². The van der Waals surface area contributed by atoms with Crippen LogP contribution in [0.4, 0.5) is 4.39 Å². The van der Waals surface area contributed by atoms with Gasteiger partial charge in [-0.3, -0.25) is 9.59 Å². The number of halogens is 1.